The molecule has 0 aliphatic rings. The van der Waals surface area contributed by atoms with Crippen LogP contribution in [0.15, 0.2) is 84.0 Å². The maximum atomic E-state index is 12.7. The lowest BCUT2D eigenvalue weighted by Crippen LogP contribution is -2.27. The molecular formula is C30H35N7O2. The number of nitrogens with one attached hydrogen (secondary N) is 3. The second-order valence-electron chi connectivity index (χ2n) is 9.44. The highest BCUT2D eigenvalue weighted by molar-refractivity contribution is 5.99. The smallest absolute Gasteiger partial charge is 0.326 e. The summed E-state index contributed by atoms with van der Waals surface area (Å²) in [6, 6.07) is 19.0. The maximum absolute atomic E-state index is 12.7. The van der Waals surface area contributed by atoms with Gasteiger partial charge < -0.3 is 16.0 Å². The molecule has 2 amide bonds. The predicted molar refractivity (Wildman–Crippen MR) is 156 cm³/mol. The molecule has 0 bridgehead atoms. The van der Waals surface area contributed by atoms with Gasteiger partial charge in [-0.1, -0.05) is 48.5 Å². The van der Waals surface area contributed by atoms with Gasteiger partial charge in [0.25, 0.3) is 5.56 Å². The van der Waals surface area contributed by atoms with Crippen LogP contribution in [-0.4, -0.2) is 45.5 Å². The van der Waals surface area contributed by atoms with Crippen molar-refractivity contribution < 1.29 is 4.79 Å². The summed E-state index contributed by atoms with van der Waals surface area (Å²) in [5, 5.41) is 5.33. The van der Waals surface area contributed by atoms with E-state index in [-0.39, 0.29) is 5.95 Å². The Bertz CT molecular complexity index is 1410. The van der Waals surface area contributed by atoms with Crippen molar-refractivity contribution in [2.24, 2.45) is 5.73 Å². The fourth-order valence-corrected chi connectivity index (χ4v) is 4.33. The Balaban J connectivity index is 1.35. The van der Waals surface area contributed by atoms with Crippen LogP contribution in [0.4, 0.5) is 16.4 Å². The van der Waals surface area contributed by atoms with Crippen molar-refractivity contribution in [1.82, 2.24) is 19.9 Å². The van der Waals surface area contributed by atoms with Gasteiger partial charge in [0.2, 0.25) is 5.95 Å². The molecule has 0 saturated carbocycles. The molecule has 0 spiro atoms. The lowest BCUT2D eigenvalue weighted by atomic mass is 10.1. The minimum absolute atomic E-state index is 0.0771. The van der Waals surface area contributed by atoms with E-state index in [1.807, 2.05) is 61.7 Å². The molecule has 0 unspecified atom stereocenters. The fourth-order valence-electron chi connectivity index (χ4n) is 4.33. The molecule has 2 heterocycles. The maximum Gasteiger partial charge on any atom is 0.326 e. The third-order valence-electron chi connectivity index (χ3n) is 6.43. The first-order chi connectivity index (χ1) is 19.0. The predicted octanol–water partition coefficient (Wildman–Crippen LogP) is 4.57. The van der Waals surface area contributed by atoms with Crippen molar-refractivity contribution in [3.63, 3.8) is 0 Å². The molecular weight excluding hydrogens is 490 g/mol. The number of hydrogen-bond acceptors (Lipinski definition) is 6. The summed E-state index contributed by atoms with van der Waals surface area (Å²) < 4.78 is 0. The molecule has 0 fully saturated rings. The molecule has 4 aromatic rings. The molecule has 9 nitrogen and oxygen atoms in total. The Hall–Kier alpha value is -4.34. The van der Waals surface area contributed by atoms with Crippen LogP contribution in [0.5, 0.6) is 0 Å². The first kappa shape index (κ1) is 27.7. The monoisotopic (exact) mass is 525 g/mol. The number of para-hydroxylation sites is 1. The number of anilines is 2. The normalized spacial score (nSPS) is 10.9. The van der Waals surface area contributed by atoms with Crippen molar-refractivity contribution >= 4 is 17.7 Å². The summed E-state index contributed by atoms with van der Waals surface area (Å²) in [5.74, 6) is 0.0771. The van der Waals surface area contributed by atoms with Crippen molar-refractivity contribution in [2.75, 3.05) is 30.3 Å². The Morgan fingerprint density at radius 1 is 0.974 bits per heavy atom. The van der Waals surface area contributed by atoms with Gasteiger partial charge in [0.05, 0.1) is 5.56 Å². The highest BCUT2D eigenvalue weighted by Gasteiger charge is 2.11. The molecule has 0 saturated heterocycles. The standard InChI is InChI=1S/C30H35N7O2/c1-22-7-2-3-10-27(22)34-30(39)36-29-33-20-26(28(38)35-29)25-13-11-24(12-14-25)21-37(18-6-15-31)17-5-9-23-8-4-16-32-19-23/h2-4,7-8,10-14,16,19-20H,5-6,9,15,17-18,21,31H2,1H3,(H3,33,34,35,36,38,39). The van der Waals surface area contributed by atoms with Crippen LogP contribution < -0.4 is 21.9 Å². The van der Waals surface area contributed by atoms with Crippen molar-refractivity contribution in [1.29, 1.82) is 0 Å². The van der Waals surface area contributed by atoms with Crippen LogP contribution in [0.3, 0.4) is 0 Å². The number of aromatic nitrogens is 3. The molecule has 0 aliphatic heterocycles. The number of carbonyl (C=O) groups is 1. The number of amides is 2. The Kier molecular flexibility index (Phi) is 9.93. The first-order valence-electron chi connectivity index (χ1n) is 13.2. The number of urea groups is 1. The van der Waals surface area contributed by atoms with E-state index in [2.05, 4.69) is 36.6 Å². The number of pyridine rings is 1. The average molecular weight is 526 g/mol. The highest BCUT2D eigenvalue weighted by atomic mass is 16.2. The van der Waals surface area contributed by atoms with E-state index < -0.39 is 11.6 Å². The zero-order chi connectivity index (χ0) is 27.5. The molecule has 0 atom stereocenters. The lowest BCUT2D eigenvalue weighted by Gasteiger charge is -2.22. The molecule has 39 heavy (non-hydrogen) atoms. The lowest BCUT2D eigenvalue weighted by molar-refractivity contribution is 0.260. The molecule has 9 heteroatoms. The average Bonchev–Trinajstić information content (AvgIpc) is 2.94. The number of hydrogen-bond donors (Lipinski definition) is 4. The summed E-state index contributed by atoms with van der Waals surface area (Å²) in [6.07, 6.45) is 8.25. The van der Waals surface area contributed by atoms with Gasteiger partial charge in [-0.15, -0.1) is 0 Å². The number of nitrogens with two attached hydrogens (primary N) is 1. The van der Waals surface area contributed by atoms with E-state index in [0.29, 0.717) is 17.8 Å². The summed E-state index contributed by atoms with van der Waals surface area (Å²) in [6.45, 7) is 5.26. The number of H-pyrrole nitrogens is 1. The SMILES string of the molecule is Cc1ccccc1NC(=O)Nc1nc(=O)c(-c2ccc(CN(CCCN)CCCc3cccnc3)cc2)c[nH]1. The van der Waals surface area contributed by atoms with Crippen LogP contribution in [-0.2, 0) is 13.0 Å². The number of rotatable bonds is 12. The van der Waals surface area contributed by atoms with Crippen LogP contribution in [0.2, 0.25) is 0 Å². The zero-order valence-corrected chi connectivity index (χ0v) is 22.2. The third-order valence-corrected chi connectivity index (χ3v) is 6.43. The van der Waals surface area contributed by atoms with Gasteiger partial charge in [0.15, 0.2) is 0 Å². The summed E-state index contributed by atoms with van der Waals surface area (Å²) >= 11 is 0. The highest BCUT2D eigenvalue weighted by Crippen LogP contribution is 2.18. The van der Waals surface area contributed by atoms with E-state index in [1.165, 1.54) is 5.56 Å². The van der Waals surface area contributed by atoms with Crippen LogP contribution in [0.1, 0.15) is 29.5 Å². The molecule has 0 aliphatic carbocycles. The second-order valence-corrected chi connectivity index (χ2v) is 9.44. The summed E-state index contributed by atoms with van der Waals surface area (Å²) in [7, 11) is 0. The Labute approximate surface area is 228 Å². The number of aromatic amines is 1. The van der Waals surface area contributed by atoms with Crippen LogP contribution >= 0.6 is 0 Å². The van der Waals surface area contributed by atoms with Gasteiger partial charge in [-0.25, -0.2) is 4.79 Å². The van der Waals surface area contributed by atoms with Gasteiger partial charge in [0, 0.05) is 30.8 Å². The van der Waals surface area contributed by atoms with E-state index in [4.69, 9.17) is 5.73 Å². The van der Waals surface area contributed by atoms with Gasteiger partial charge >= 0.3 is 6.03 Å². The largest absolute Gasteiger partial charge is 0.331 e. The molecule has 2 aromatic carbocycles. The third kappa shape index (κ3) is 8.33. The number of nitrogens with zero attached hydrogens (tertiary/aromatic N) is 3. The van der Waals surface area contributed by atoms with Gasteiger partial charge in [-0.2, -0.15) is 4.98 Å². The van der Waals surface area contributed by atoms with Gasteiger partial charge in [-0.05, 0) is 80.2 Å². The number of carbonyl (C=O) groups excluding carboxylic acids is 1. The van der Waals surface area contributed by atoms with Crippen molar-refractivity contribution in [2.45, 2.75) is 32.7 Å². The van der Waals surface area contributed by atoms with Gasteiger partial charge in [-0.3, -0.25) is 20.0 Å². The molecule has 2 aromatic heterocycles. The minimum Gasteiger partial charge on any atom is -0.331 e. The first-order valence-corrected chi connectivity index (χ1v) is 13.2. The summed E-state index contributed by atoms with van der Waals surface area (Å²) in [4.78, 5) is 38.6. The van der Waals surface area contributed by atoms with E-state index >= 15 is 0 Å². The van der Waals surface area contributed by atoms with E-state index in [0.717, 1.165) is 55.6 Å². The zero-order valence-electron chi connectivity index (χ0n) is 22.2. The Morgan fingerprint density at radius 3 is 2.49 bits per heavy atom. The second kappa shape index (κ2) is 14.0. The molecule has 202 valence electrons. The topological polar surface area (TPSA) is 129 Å². The quantitative estimate of drug-likeness (QED) is 0.214. The molecule has 4 rings (SSSR count). The Morgan fingerprint density at radius 2 is 1.77 bits per heavy atom. The van der Waals surface area contributed by atoms with Crippen molar-refractivity contribution in [3.8, 4) is 11.1 Å². The molecule has 0 radical (unpaired) electrons. The molecule has 5 N–H and O–H groups in total. The van der Waals surface area contributed by atoms with Gasteiger partial charge in [0.1, 0.15) is 0 Å². The fraction of sp³-hybridized carbons (Fsp3) is 0.267. The van der Waals surface area contributed by atoms with E-state index in [9.17, 15) is 9.59 Å². The van der Waals surface area contributed by atoms with Crippen LogP contribution in [0, 0.1) is 6.92 Å². The number of aryl methyl sites for hydroxylation is 2. The minimum atomic E-state index is -0.482. The van der Waals surface area contributed by atoms with E-state index in [1.54, 1.807) is 18.5 Å². The number of benzene rings is 2. The van der Waals surface area contributed by atoms with Crippen LogP contribution in [0.25, 0.3) is 11.1 Å². The van der Waals surface area contributed by atoms with Crippen molar-refractivity contribution in [3.05, 3.63) is 106 Å². The summed E-state index contributed by atoms with van der Waals surface area (Å²) in [5.41, 5.74) is 10.6.